The Bertz CT molecular complexity index is 1080. The zero-order chi connectivity index (χ0) is 18.1. The average Bonchev–Trinajstić information content (AvgIpc) is 3.00. The first-order chi connectivity index (χ1) is 12.6. The van der Waals surface area contributed by atoms with E-state index in [0.29, 0.717) is 11.5 Å². The van der Waals surface area contributed by atoms with Crippen molar-refractivity contribution < 1.29 is 4.79 Å². The quantitative estimate of drug-likeness (QED) is 0.616. The van der Waals surface area contributed by atoms with Gasteiger partial charge in [0.1, 0.15) is 22.9 Å². The van der Waals surface area contributed by atoms with Gasteiger partial charge in [0.15, 0.2) is 0 Å². The number of imidazole rings is 1. The molecule has 4 rings (SSSR count). The highest BCUT2D eigenvalue weighted by molar-refractivity contribution is 6.04. The topological polar surface area (TPSA) is 72.2 Å². The first-order valence-electron chi connectivity index (χ1n) is 8.26. The Hall–Kier alpha value is -3.54. The van der Waals surface area contributed by atoms with E-state index in [1.165, 1.54) is 6.20 Å². The lowest BCUT2D eigenvalue weighted by Crippen LogP contribution is -2.16. The predicted octanol–water partition coefficient (Wildman–Crippen LogP) is 3.66. The third kappa shape index (κ3) is 2.93. The maximum absolute atomic E-state index is 12.7. The predicted molar refractivity (Wildman–Crippen MR) is 100 cm³/mol. The second kappa shape index (κ2) is 6.40. The Kier molecular flexibility index (Phi) is 3.93. The third-order valence-corrected chi connectivity index (χ3v) is 4.07. The molecule has 1 aromatic carbocycles. The van der Waals surface area contributed by atoms with Gasteiger partial charge in [-0.25, -0.2) is 9.97 Å². The fraction of sp³-hybridized carbons (Fsp3) is 0.100. The van der Waals surface area contributed by atoms with Crippen LogP contribution in [0.25, 0.3) is 16.9 Å². The smallest absolute Gasteiger partial charge is 0.277 e. The molecule has 0 aliphatic rings. The average molecular weight is 343 g/mol. The number of benzene rings is 1. The summed E-state index contributed by atoms with van der Waals surface area (Å²) in [5.41, 5.74) is 4.54. The Balaban J connectivity index is 1.82. The molecular weight excluding hydrogens is 326 g/mol. The van der Waals surface area contributed by atoms with Gasteiger partial charge in [-0.3, -0.25) is 14.2 Å². The van der Waals surface area contributed by atoms with E-state index < -0.39 is 0 Å². The number of aryl methyl sites for hydroxylation is 2. The standard InChI is InChI=1S/C20H17N5O/c1-13-8-9-25-17(10-13)23-18(15-6-4-3-5-7-15)19(25)24-20(26)16-12-21-14(2)11-22-16/h3-12H,1-2H3,(H,24,26). The van der Waals surface area contributed by atoms with Crippen LogP contribution in [0.5, 0.6) is 0 Å². The number of hydrogen-bond donors (Lipinski definition) is 1. The van der Waals surface area contributed by atoms with Crippen molar-refractivity contribution in [2.24, 2.45) is 0 Å². The molecule has 0 saturated heterocycles. The molecule has 0 atom stereocenters. The van der Waals surface area contributed by atoms with Crippen molar-refractivity contribution in [2.45, 2.75) is 13.8 Å². The molecule has 0 unspecified atom stereocenters. The molecule has 0 radical (unpaired) electrons. The minimum atomic E-state index is -0.322. The lowest BCUT2D eigenvalue weighted by Gasteiger charge is -2.07. The summed E-state index contributed by atoms with van der Waals surface area (Å²) in [6, 6.07) is 13.7. The van der Waals surface area contributed by atoms with Crippen molar-refractivity contribution >= 4 is 17.4 Å². The van der Waals surface area contributed by atoms with E-state index in [2.05, 4.69) is 15.3 Å². The number of aromatic nitrogens is 4. The number of hydrogen-bond acceptors (Lipinski definition) is 4. The Labute approximate surface area is 150 Å². The molecule has 6 nitrogen and oxygen atoms in total. The van der Waals surface area contributed by atoms with Crippen molar-refractivity contribution in [1.29, 1.82) is 0 Å². The first kappa shape index (κ1) is 16.0. The van der Waals surface area contributed by atoms with Crippen LogP contribution in [0.2, 0.25) is 0 Å². The van der Waals surface area contributed by atoms with Gasteiger partial charge in [0.25, 0.3) is 5.91 Å². The highest BCUT2D eigenvalue weighted by Gasteiger charge is 2.18. The number of nitrogens with zero attached hydrogens (tertiary/aromatic N) is 4. The molecule has 4 aromatic rings. The number of nitrogens with one attached hydrogen (secondary N) is 1. The van der Waals surface area contributed by atoms with Crippen LogP contribution in [0, 0.1) is 13.8 Å². The van der Waals surface area contributed by atoms with Crippen LogP contribution in [-0.2, 0) is 0 Å². The van der Waals surface area contributed by atoms with E-state index in [4.69, 9.17) is 4.98 Å². The van der Waals surface area contributed by atoms with Crippen LogP contribution in [0.3, 0.4) is 0 Å². The SMILES string of the molecule is Cc1ccn2c(NC(=O)c3cnc(C)cn3)c(-c3ccccc3)nc2c1. The van der Waals surface area contributed by atoms with Crippen LogP contribution in [0.4, 0.5) is 5.82 Å². The number of fused-ring (bicyclic) bond motifs is 1. The monoisotopic (exact) mass is 343 g/mol. The maximum atomic E-state index is 12.7. The second-order valence-electron chi connectivity index (χ2n) is 6.10. The third-order valence-electron chi connectivity index (χ3n) is 4.07. The zero-order valence-corrected chi connectivity index (χ0v) is 14.5. The molecule has 6 heteroatoms. The fourth-order valence-corrected chi connectivity index (χ4v) is 2.74. The van der Waals surface area contributed by atoms with Gasteiger partial charge in [-0.05, 0) is 31.5 Å². The van der Waals surface area contributed by atoms with E-state index in [1.54, 1.807) is 6.20 Å². The molecule has 128 valence electrons. The van der Waals surface area contributed by atoms with Crippen molar-refractivity contribution in [3.05, 3.63) is 78.0 Å². The molecule has 1 N–H and O–H groups in total. The lowest BCUT2D eigenvalue weighted by atomic mass is 10.1. The van der Waals surface area contributed by atoms with Crippen LogP contribution in [0.1, 0.15) is 21.7 Å². The van der Waals surface area contributed by atoms with Crippen molar-refractivity contribution in [3.63, 3.8) is 0 Å². The summed E-state index contributed by atoms with van der Waals surface area (Å²) in [4.78, 5) is 25.7. The Morgan fingerprint density at radius 1 is 1.04 bits per heavy atom. The number of amides is 1. The van der Waals surface area contributed by atoms with Crippen LogP contribution < -0.4 is 5.32 Å². The summed E-state index contributed by atoms with van der Waals surface area (Å²) in [7, 11) is 0. The van der Waals surface area contributed by atoms with E-state index in [1.807, 2.05) is 66.9 Å². The lowest BCUT2D eigenvalue weighted by molar-refractivity contribution is 0.102. The number of anilines is 1. The second-order valence-corrected chi connectivity index (χ2v) is 6.10. The first-order valence-corrected chi connectivity index (χ1v) is 8.26. The summed E-state index contributed by atoms with van der Waals surface area (Å²) in [6.45, 7) is 3.84. The molecule has 0 spiro atoms. The maximum Gasteiger partial charge on any atom is 0.277 e. The van der Waals surface area contributed by atoms with Crippen LogP contribution in [-0.4, -0.2) is 25.3 Å². The number of rotatable bonds is 3. The summed E-state index contributed by atoms with van der Waals surface area (Å²) in [6.07, 6.45) is 4.95. The minimum Gasteiger partial charge on any atom is -0.304 e. The minimum absolute atomic E-state index is 0.261. The van der Waals surface area contributed by atoms with E-state index in [0.717, 1.165) is 22.5 Å². The molecule has 26 heavy (non-hydrogen) atoms. The van der Waals surface area contributed by atoms with E-state index in [9.17, 15) is 4.79 Å². The Morgan fingerprint density at radius 3 is 2.58 bits per heavy atom. The summed E-state index contributed by atoms with van der Waals surface area (Å²) >= 11 is 0. The summed E-state index contributed by atoms with van der Waals surface area (Å²) < 4.78 is 1.87. The highest BCUT2D eigenvalue weighted by atomic mass is 16.2. The molecular formula is C20H17N5O. The summed E-state index contributed by atoms with van der Waals surface area (Å²) in [5, 5.41) is 2.95. The van der Waals surface area contributed by atoms with Crippen LogP contribution in [0.15, 0.2) is 61.1 Å². The molecule has 3 aromatic heterocycles. The van der Waals surface area contributed by atoms with Gasteiger partial charge < -0.3 is 5.32 Å². The van der Waals surface area contributed by atoms with Gasteiger partial charge in [0.05, 0.1) is 11.9 Å². The highest BCUT2D eigenvalue weighted by Crippen LogP contribution is 2.29. The number of pyridine rings is 1. The number of carbonyl (C=O) groups is 1. The molecule has 0 bridgehead atoms. The van der Waals surface area contributed by atoms with Crippen molar-refractivity contribution in [1.82, 2.24) is 19.4 Å². The fourth-order valence-electron chi connectivity index (χ4n) is 2.74. The normalized spacial score (nSPS) is 10.8. The van der Waals surface area contributed by atoms with E-state index in [-0.39, 0.29) is 11.6 Å². The molecule has 0 aliphatic carbocycles. The van der Waals surface area contributed by atoms with Gasteiger partial charge in [-0.1, -0.05) is 30.3 Å². The zero-order valence-electron chi connectivity index (χ0n) is 14.5. The van der Waals surface area contributed by atoms with Gasteiger partial charge in [0, 0.05) is 18.0 Å². The van der Waals surface area contributed by atoms with Gasteiger partial charge in [0.2, 0.25) is 0 Å². The molecule has 1 amide bonds. The molecule has 0 aliphatic heterocycles. The van der Waals surface area contributed by atoms with Gasteiger partial charge >= 0.3 is 0 Å². The number of carbonyl (C=O) groups excluding carboxylic acids is 1. The molecule has 0 saturated carbocycles. The van der Waals surface area contributed by atoms with Gasteiger partial charge in [-0.15, -0.1) is 0 Å². The van der Waals surface area contributed by atoms with E-state index >= 15 is 0 Å². The molecule has 3 heterocycles. The Morgan fingerprint density at radius 2 is 1.85 bits per heavy atom. The largest absolute Gasteiger partial charge is 0.304 e. The van der Waals surface area contributed by atoms with Crippen LogP contribution >= 0.6 is 0 Å². The van der Waals surface area contributed by atoms with Crippen molar-refractivity contribution in [3.8, 4) is 11.3 Å². The summed E-state index contributed by atoms with van der Waals surface area (Å²) in [5.74, 6) is 0.288. The van der Waals surface area contributed by atoms with Crippen molar-refractivity contribution in [2.75, 3.05) is 5.32 Å². The van der Waals surface area contributed by atoms with Gasteiger partial charge in [-0.2, -0.15) is 0 Å². The molecule has 0 fully saturated rings.